The fourth-order valence-electron chi connectivity index (χ4n) is 3.07. The van der Waals surface area contributed by atoms with E-state index in [4.69, 9.17) is 4.74 Å². The van der Waals surface area contributed by atoms with Crippen LogP contribution in [0.25, 0.3) is 0 Å². The van der Waals surface area contributed by atoms with Gasteiger partial charge in [-0.2, -0.15) is 0 Å². The van der Waals surface area contributed by atoms with Gasteiger partial charge in [-0.3, -0.25) is 0 Å². The van der Waals surface area contributed by atoms with Crippen molar-refractivity contribution in [2.75, 3.05) is 56.7 Å². The maximum absolute atomic E-state index is 5.38. The molecule has 5 heteroatoms. The van der Waals surface area contributed by atoms with Crippen molar-refractivity contribution in [3.8, 4) is 0 Å². The zero-order chi connectivity index (χ0) is 14.5. The summed E-state index contributed by atoms with van der Waals surface area (Å²) in [6.07, 6.45) is 5.70. The van der Waals surface area contributed by atoms with Gasteiger partial charge < -0.3 is 19.9 Å². The predicted molar refractivity (Wildman–Crippen MR) is 86.0 cm³/mol. The first-order chi connectivity index (χ1) is 10.3. The van der Waals surface area contributed by atoms with Gasteiger partial charge in [0, 0.05) is 19.1 Å². The number of rotatable bonds is 3. The Morgan fingerprint density at radius 2 is 2.00 bits per heavy atom. The molecule has 1 unspecified atom stereocenters. The molecule has 0 saturated carbocycles. The van der Waals surface area contributed by atoms with Crippen molar-refractivity contribution in [2.45, 2.75) is 25.3 Å². The predicted octanol–water partition coefficient (Wildman–Crippen LogP) is 1.81. The number of anilines is 2. The third kappa shape index (κ3) is 4.08. The van der Waals surface area contributed by atoms with Crippen LogP contribution in [0.1, 0.15) is 19.3 Å². The third-order valence-electron chi connectivity index (χ3n) is 4.41. The maximum Gasteiger partial charge on any atom is 0.128 e. The highest BCUT2D eigenvalue weighted by Crippen LogP contribution is 2.19. The topological polar surface area (TPSA) is 40.6 Å². The van der Waals surface area contributed by atoms with Gasteiger partial charge in [0.15, 0.2) is 0 Å². The SMILES string of the molecule is CN1CCCC(Nc2ccc(N3CCOCC3)nc2)CC1. The van der Waals surface area contributed by atoms with Crippen molar-refractivity contribution in [3.05, 3.63) is 18.3 Å². The fraction of sp³-hybridized carbons (Fsp3) is 0.688. The molecular formula is C16H26N4O. The van der Waals surface area contributed by atoms with Gasteiger partial charge in [0.1, 0.15) is 5.82 Å². The number of nitrogens with zero attached hydrogens (tertiary/aromatic N) is 3. The lowest BCUT2D eigenvalue weighted by Gasteiger charge is -2.28. The number of likely N-dealkylation sites (tertiary alicyclic amines) is 1. The minimum atomic E-state index is 0.575. The van der Waals surface area contributed by atoms with Crippen LogP contribution in [-0.4, -0.2) is 62.4 Å². The van der Waals surface area contributed by atoms with Gasteiger partial charge in [0.25, 0.3) is 0 Å². The van der Waals surface area contributed by atoms with Gasteiger partial charge >= 0.3 is 0 Å². The van der Waals surface area contributed by atoms with Crippen LogP contribution in [0.4, 0.5) is 11.5 Å². The molecule has 1 atom stereocenters. The fourth-order valence-corrected chi connectivity index (χ4v) is 3.07. The molecule has 0 amide bonds. The van der Waals surface area contributed by atoms with Gasteiger partial charge in [-0.1, -0.05) is 0 Å². The molecule has 5 nitrogen and oxygen atoms in total. The minimum Gasteiger partial charge on any atom is -0.381 e. The molecule has 116 valence electrons. The highest BCUT2D eigenvalue weighted by atomic mass is 16.5. The molecule has 0 radical (unpaired) electrons. The summed E-state index contributed by atoms with van der Waals surface area (Å²) in [4.78, 5) is 9.31. The summed E-state index contributed by atoms with van der Waals surface area (Å²) in [6.45, 7) is 5.88. The molecule has 0 spiro atoms. The average Bonchev–Trinajstić information content (AvgIpc) is 2.74. The van der Waals surface area contributed by atoms with E-state index in [1.807, 2.05) is 6.20 Å². The first kappa shape index (κ1) is 14.6. The normalized spacial score (nSPS) is 24.6. The van der Waals surface area contributed by atoms with Gasteiger partial charge in [-0.05, 0) is 51.5 Å². The largest absolute Gasteiger partial charge is 0.381 e. The standard InChI is InChI=1S/C16H26N4O/c1-19-7-2-3-14(6-8-19)18-15-4-5-16(17-13-15)20-9-11-21-12-10-20/h4-5,13-14,18H,2-3,6-12H2,1H3. The van der Waals surface area contributed by atoms with Crippen molar-refractivity contribution >= 4 is 11.5 Å². The van der Waals surface area contributed by atoms with Crippen molar-refractivity contribution in [1.29, 1.82) is 0 Å². The molecule has 3 heterocycles. The number of hydrogen-bond donors (Lipinski definition) is 1. The second-order valence-electron chi connectivity index (χ2n) is 6.08. The summed E-state index contributed by atoms with van der Waals surface area (Å²) in [7, 11) is 2.21. The average molecular weight is 290 g/mol. The smallest absolute Gasteiger partial charge is 0.128 e. The number of ether oxygens (including phenoxy) is 1. The molecule has 2 fully saturated rings. The minimum absolute atomic E-state index is 0.575. The van der Waals surface area contributed by atoms with E-state index in [1.54, 1.807) is 0 Å². The van der Waals surface area contributed by atoms with Crippen molar-refractivity contribution in [3.63, 3.8) is 0 Å². The van der Waals surface area contributed by atoms with Gasteiger partial charge in [-0.25, -0.2) is 4.98 Å². The van der Waals surface area contributed by atoms with E-state index >= 15 is 0 Å². The van der Waals surface area contributed by atoms with E-state index < -0.39 is 0 Å². The summed E-state index contributed by atoms with van der Waals surface area (Å²) < 4.78 is 5.38. The van der Waals surface area contributed by atoms with E-state index in [1.165, 1.54) is 32.4 Å². The van der Waals surface area contributed by atoms with E-state index in [9.17, 15) is 0 Å². The zero-order valence-corrected chi connectivity index (χ0v) is 12.9. The Balaban J connectivity index is 1.56. The number of morpholine rings is 1. The first-order valence-electron chi connectivity index (χ1n) is 8.05. The lowest BCUT2D eigenvalue weighted by atomic mass is 10.1. The van der Waals surface area contributed by atoms with Crippen LogP contribution in [0.5, 0.6) is 0 Å². The second kappa shape index (κ2) is 7.09. The Bertz CT molecular complexity index is 430. The van der Waals surface area contributed by atoms with Crippen LogP contribution in [-0.2, 0) is 4.74 Å². The molecule has 2 aliphatic heterocycles. The third-order valence-corrected chi connectivity index (χ3v) is 4.41. The first-order valence-corrected chi connectivity index (χ1v) is 8.05. The Morgan fingerprint density at radius 3 is 2.76 bits per heavy atom. The molecule has 1 aromatic rings. The quantitative estimate of drug-likeness (QED) is 0.919. The molecular weight excluding hydrogens is 264 g/mol. The van der Waals surface area contributed by atoms with E-state index in [0.29, 0.717) is 6.04 Å². The van der Waals surface area contributed by atoms with Gasteiger partial charge in [0.05, 0.1) is 25.1 Å². The lowest BCUT2D eigenvalue weighted by molar-refractivity contribution is 0.122. The van der Waals surface area contributed by atoms with Gasteiger partial charge in [0.2, 0.25) is 0 Å². The number of pyridine rings is 1. The molecule has 2 aliphatic rings. The van der Waals surface area contributed by atoms with Crippen LogP contribution >= 0.6 is 0 Å². The summed E-state index contributed by atoms with van der Waals surface area (Å²) in [5.41, 5.74) is 1.14. The second-order valence-corrected chi connectivity index (χ2v) is 6.08. The molecule has 0 aliphatic carbocycles. The molecule has 21 heavy (non-hydrogen) atoms. The monoisotopic (exact) mass is 290 g/mol. The van der Waals surface area contributed by atoms with Crippen LogP contribution in [0.2, 0.25) is 0 Å². The lowest BCUT2D eigenvalue weighted by Crippen LogP contribution is -2.36. The molecule has 1 aromatic heterocycles. The summed E-state index contributed by atoms with van der Waals surface area (Å²) >= 11 is 0. The zero-order valence-electron chi connectivity index (χ0n) is 12.9. The van der Waals surface area contributed by atoms with Crippen LogP contribution in [0, 0.1) is 0 Å². The van der Waals surface area contributed by atoms with Crippen molar-refractivity contribution in [2.24, 2.45) is 0 Å². The van der Waals surface area contributed by atoms with E-state index in [2.05, 4.69) is 39.3 Å². The molecule has 0 aromatic carbocycles. The van der Waals surface area contributed by atoms with Crippen molar-refractivity contribution < 1.29 is 4.74 Å². The van der Waals surface area contributed by atoms with Crippen molar-refractivity contribution in [1.82, 2.24) is 9.88 Å². The van der Waals surface area contributed by atoms with Gasteiger partial charge in [-0.15, -0.1) is 0 Å². The summed E-state index contributed by atoms with van der Waals surface area (Å²) in [6, 6.07) is 4.86. The van der Waals surface area contributed by atoms with Crippen LogP contribution in [0.3, 0.4) is 0 Å². The van der Waals surface area contributed by atoms with E-state index in [-0.39, 0.29) is 0 Å². The summed E-state index contributed by atoms with van der Waals surface area (Å²) in [5.74, 6) is 1.06. The number of aromatic nitrogens is 1. The van der Waals surface area contributed by atoms with Crippen LogP contribution in [0.15, 0.2) is 18.3 Å². The Kier molecular flexibility index (Phi) is 4.93. The molecule has 1 N–H and O–H groups in total. The Morgan fingerprint density at radius 1 is 1.14 bits per heavy atom. The molecule has 2 saturated heterocycles. The number of hydrogen-bond acceptors (Lipinski definition) is 5. The highest BCUT2D eigenvalue weighted by molar-refractivity contribution is 5.49. The maximum atomic E-state index is 5.38. The summed E-state index contributed by atoms with van der Waals surface area (Å²) in [5, 5.41) is 3.64. The van der Waals surface area contributed by atoms with E-state index in [0.717, 1.165) is 37.8 Å². The highest BCUT2D eigenvalue weighted by Gasteiger charge is 2.15. The molecule has 3 rings (SSSR count). The van der Waals surface area contributed by atoms with Crippen LogP contribution < -0.4 is 10.2 Å². The molecule has 0 bridgehead atoms. The number of nitrogens with one attached hydrogen (secondary N) is 1. The Hall–Kier alpha value is -1.33. The Labute approximate surface area is 127 Å².